The smallest absolute Gasteiger partial charge is 0.372 e. The molecule has 2 aromatic heterocycles. The van der Waals surface area contributed by atoms with Gasteiger partial charge in [0.05, 0.1) is 0 Å². The largest absolute Gasteiger partial charge is 0.411 e. The van der Waals surface area contributed by atoms with Crippen LogP contribution < -0.4 is 5.73 Å². The molecule has 0 bridgehead atoms. The fraction of sp³-hybridized carbons (Fsp3) is 0.462. The van der Waals surface area contributed by atoms with Gasteiger partial charge in [-0.3, -0.25) is 0 Å². The molecule has 0 saturated heterocycles. The van der Waals surface area contributed by atoms with E-state index in [0.29, 0.717) is 19.5 Å². The number of aryl methyl sites for hydroxylation is 1. The lowest BCUT2D eigenvalue weighted by Crippen LogP contribution is -2.17. The minimum absolute atomic E-state index is 0.0595. The van der Waals surface area contributed by atoms with Crippen molar-refractivity contribution in [1.29, 1.82) is 0 Å². The molecule has 2 aromatic rings. The lowest BCUT2D eigenvalue weighted by Gasteiger charge is -2.08. The highest BCUT2D eigenvalue weighted by Crippen LogP contribution is 2.19. The van der Waals surface area contributed by atoms with E-state index in [0.717, 1.165) is 16.6 Å². The van der Waals surface area contributed by atoms with Crippen LogP contribution in [0.5, 0.6) is 0 Å². The Hall–Kier alpha value is -1.60. The number of nitrogens with zero attached hydrogens (tertiary/aromatic N) is 2. The van der Waals surface area contributed by atoms with E-state index < -0.39 is 12.8 Å². The minimum atomic E-state index is -4.27. The lowest BCUT2D eigenvalue weighted by molar-refractivity contribution is -0.174. The maximum Gasteiger partial charge on any atom is 0.411 e. The van der Waals surface area contributed by atoms with E-state index in [1.54, 1.807) is 6.20 Å². The van der Waals surface area contributed by atoms with Crippen molar-refractivity contribution in [3.8, 4) is 0 Å². The number of fused-ring (bicyclic) bond motifs is 1. The van der Waals surface area contributed by atoms with Gasteiger partial charge in [-0.05, 0) is 24.1 Å². The predicted molar refractivity (Wildman–Crippen MR) is 69.1 cm³/mol. The Morgan fingerprint density at radius 2 is 2.15 bits per heavy atom. The molecule has 0 aliphatic rings. The van der Waals surface area contributed by atoms with Gasteiger partial charge in [0.15, 0.2) is 0 Å². The summed E-state index contributed by atoms with van der Waals surface area (Å²) >= 11 is 0. The van der Waals surface area contributed by atoms with Gasteiger partial charge in [-0.15, -0.1) is 0 Å². The first-order chi connectivity index (χ1) is 9.51. The van der Waals surface area contributed by atoms with Crippen molar-refractivity contribution in [3.05, 3.63) is 30.1 Å². The Labute approximate surface area is 114 Å². The van der Waals surface area contributed by atoms with Crippen molar-refractivity contribution in [3.63, 3.8) is 0 Å². The molecule has 0 amide bonds. The summed E-state index contributed by atoms with van der Waals surface area (Å²) in [5.41, 5.74) is 7.43. The average Bonchev–Trinajstić information content (AvgIpc) is 2.76. The minimum Gasteiger partial charge on any atom is -0.372 e. The normalized spacial score (nSPS) is 12.2. The fourth-order valence-corrected chi connectivity index (χ4v) is 2.05. The second-order valence-electron chi connectivity index (χ2n) is 4.45. The summed E-state index contributed by atoms with van der Waals surface area (Å²) in [6.45, 7) is -0.194. The molecule has 0 fully saturated rings. The molecular weight excluding hydrogens is 271 g/mol. The van der Waals surface area contributed by atoms with Gasteiger partial charge in [0.2, 0.25) is 0 Å². The molecule has 0 saturated carbocycles. The maximum atomic E-state index is 11.9. The number of aromatic nitrogens is 2. The summed E-state index contributed by atoms with van der Waals surface area (Å²) in [6, 6.07) is 3.76. The highest BCUT2D eigenvalue weighted by atomic mass is 19.4. The molecule has 0 atom stereocenters. The van der Waals surface area contributed by atoms with Gasteiger partial charge < -0.3 is 15.0 Å². The summed E-state index contributed by atoms with van der Waals surface area (Å²) in [4.78, 5) is 4.27. The molecule has 2 rings (SSSR count). The van der Waals surface area contributed by atoms with E-state index in [9.17, 15) is 13.2 Å². The molecule has 7 heteroatoms. The summed E-state index contributed by atoms with van der Waals surface area (Å²) in [5.74, 6) is 0. The first-order valence-electron chi connectivity index (χ1n) is 6.28. The SMILES string of the molecule is NCc1cn(CCCOCC(F)(F)F)c2ncccc12. The Balaban J connectivity index is 1.93. The van der Waals surface area contributed by atoms with E-state index in [1.807, 2.05) is 22.9 Å². The number of ether oxygens (including phenoxy) is 1. The number of pyridine rings is 1. The molecule has 0 aliphatic heterocycles. The van der Waals surface area contributed by atoms with Crippen molar-refractivity contribution in [1.82, 2.24) is 9.55 Å². The van der Waals surface area contributed by atoms with Crippen LogP contribution in [0.2, 0.25) is 0 Å². The highest BCUT2D eigenvalue weighted by Gasteiger charge is 2.27. The Morgan fingerprint density at radius 3 is 2.85 bits per heavy atom. The fourth-order valence-electron chi connectivity index (χ4n) is 2.05. The van der Waals surface area contributed by atoms with Gasteiger partial charge in [0.1, 0.15) is 12.3 Å². The number of hydrogen-bond acceptors (Lipinski definition) is 3. The number of halogens is 3. The van der Waals surface area contributed by atoms with Crippen LogP contribution in [0.4, 0.5) is 13.2 Å². The lowest BCUT2D eigenvalue weighted by atomic mass is 10.2. The molecule has 0 radical (unpaired) electrons. The van der Waals surface area contributed by atoms with E-state index in [4.69, 9.17) is 5.73 Å². The van der Waals surface area contributed by atoms with Crippen molar-refractivity contribution in [2.75, 3.05) is 13.2 Å². The third kappa shape index (κ3) is 3.71. The van der Waals surface area contributed by atoms with Gasteiger partial charge in [0, 0.05) is 37.5 Å². The third-order valence-corrected chi connectivity index (χ3v) is 2.89. The van der Waals surface area contributed by atoms with Crippen LogP contribution in [0.1, 0.15) is 12.0 Å². The van der Waals surface area contributed by atoms with Crippen molar-refractivity contribution in [2.45, 2.75) is 25.7 Å². The predicted octanol–water partition coefficient (Wildman–Crippen LogP) is 2.46. The van der Waals surface area contributed by atoms with Gasteiger partial charge in [-0.25, -0.2) is 4.98 Å². The van der Waals surface area contributed by atoms with E-state index in [2.05, 4.69) is 9.72 Å². The molecule has 0 aliphatic carbocycles. The molecule has 110 valence electrons. The average molecular weight is 287 g/mol. The second-order valence-corrected chi connectivity index (χ2v) is 4.45. The monoisotopic (exact) mass is 287 g/mol. The molecule has 4 nitrogen and oxygen atoms in total. The number of rotatable bonds is 6. The van der Waals surface area contributed by atoms with Crippen LogP contribution in [-0.2, 0) is 17.8 Å². The standard InChI is InChI=1S/C13H16F3N3O/c14-13(15,16)9-20-6-2-5-19-8-10(7-17)11-3-1-4-18-12(11)19/h1,3-4,8H,2,5-7,9,17H2. The maximum absolute atomic E-state index is 11.9. The van der Waals surface area contributed by atoms with Crippen LogP contribution in [0.15, 0.2) is 24.5 Å². The summed E-state index contributed by atoms with van der Waals surface area (Å²) in [7, 11) is 0. The summed E-state index contributed by atoms with van der Waals surface area (Å²) in [6.07, 6.45) is -0.213. The summed E-state index contributed by atoms with van der Waals surface area (Å²) < 4.78 is 42.2. The number of nitrogens with two attached hydrogens (primary N) is 1. The van der Waals surface area contributed by atoms with E-state index in [-0.39, 0.29) is 6.61 Å². The number of alkyl halides is 3. The van der Waals surface area contributed by atoms with Crippen LogP contribution >= 0.6 is 0 Å². The zero-order valence-electron chi connectivity index (χ0n) is 10.9. The van der Waals surface area contributed by atoms with E-state index in [1.165, 1.54) is 0 Å². The molecule has 2 heterocycles. The van der Waals surface area contributed by atoms with Crippen molar-refractivity contribution in [2.24, 2.45) is 5.73 Å². The third-order valence-electron chi connectivity index (χ3n) is 2.89. The summed E-state index contributed by atoms with van der Waals surface area (Å²) in [5, 5.41) is 0.978. The molecule has 0 spiro atoms. The zero-order valence-corrected chi connectivity index (χ0v) is 10.9. The molecule has 0 aromatic carbocycles. The molecule has 2 N–H and O–H groups in total. The molecule has 20 heavy (non-hydrogen) atoms. The van der Waals surface area contributed by atoms with Gasteiger partial charge in [-0.1, -0.05) is 0 Å². The van der Waals surface area contributed by atoms with Gasteiger partial charge >= 0.3 is 6.18 Å². The quantitative estimate of drug-likeness (QED) is 0.830. The van der Waals surface area contributed by atoms with Crippen LogP contribution in [0.25, 0.3) is 11.0 Å². The highest BCUT2D eigenvalue weighted by molar-refractivity contribution is 5.80. The van der Waals surface area contributed by atoms with Crippen molar-refractivity contribution >= 4 is 11.0 Å². The van der Waals surface area contributed by atoms with Crippen LogP contribution in [0, 0.1) is 0 Å². The van der Waals surface area contributed by atoms with Gasteiger partial charge in [0.25, 0.3) is 0 Å². The van der Waals surface area contributed by atoms with E-state index >= 15 is 0 Å². The topological polar surface area (TPSA) is 53.1 Å². The first kappa shape index (κ1) is 14.8. The first-order valence-corrected chi connectivity index (χ1v) is 6.28. The molecular formula is C13H16F3N3O. The second kappa shape index (κ2) is 6.23. The zero-order chi connectivity index (χ0) is 14.6. The Morgan fingerprint density at radius 1 is 1.35 bits per heavy atom. The Kier molecular flexibility index (Phi) is 4.61. The molecule has 0 unspecified atom stereocenters. The van der Waals surface area contributed by atoms with Gasteiger partial charge in [-0.2, -0.15) is 13.2 Å². The van der Waals surface area contributed by atoms with Crippen molar-refractivity contribution < 1.29 is 17.9 Å². The Bertz CT molecular complexity index is 565. The van der Waals surface area contributed by atoms with Crippen LogP contribution in [-0.4, -0.2) is 28.9 Å². The number of hydrogen-bond donors (Lipinski definition) is 1. The van der Waals surface area contributed by atoms with Crippen LogP contribution in [0.3, 0.4) is 0 Å².